The van der Waals surface area contributed by atoms with Crippen molar-refractivity contribution in [2.75, 3.05) is 89.7 Å². The number of nitrogen functional groups attached to an aromatic ring is 1. The average Bonchev–Trinajstić information content (AvgIpc) is 3.66. The number of carbonyl (C=O) groups excluding carboxylic acids is 4. The number of nitrogens with one attached hydrogen (secondary N) is 1. The highest BCUT2D eigenvalue weighted by Crippen LogP contribution is 2.38. The molecular formula is C41H55ClF3N7O7. The van der Waals surface area contributed by atoms with Gasteiger partial charge in [-0.15, -0.1) is 0 Å². The highest BCUT2D eigenvalue weighted by molar-refractivity contribution is 6.33. The van der Waals surface area contributed by atoms with Gasteiger partial charge in [0.1, 0.15) is 6.61 Å². The van der Waals surface area contributed by atoms with Gasteiger partial charge in [-0.25, -0.2) is 9.59 Å². The fourth-order valence-electron chi connectivity index (χ4n) is 8.64. The second-order valence-electron chi connectivity index (χ2n) is 15.7. The largest absolute Gasteiger partial charge is 0.464 e. The van der Waals surface area contributed by atoms with Crippen molar-refractivity contribution in [1.82, 2.24) is 24.5 Å². The van der Waals surface area contributed by atoms with Gasteiger partial charge in [-0.2, -0.15) is 13.2 Å². The van der Waals surface area contributed by atoms with Crippen molar-refractivity contribution in [2.45, 2.75) is 76.2 Å². The lowest BCUT2D eigenvalue weighted by molar-refractivity contribution is -0.148. The van der Waals surface area contributed by atoms with E-state index in [0.717, 1.165) is 23.9 Å². The Balaban J connectivity index is 1.06. The number of nitrogens with two attached hydrogens (primary N) is 1. The molecule has 14 nitrogen and oxygen atoms in total. The summed E-state index contributed by atoms with van der Waals surface area (Å²) in [6, 6.07) is 9.50. The number of likely N-dealkylation sites (N-methyl/N-ethyl adjacent to an activating group) is 1. The standard InChI is InChI=1S/C41H55ClF3N7O7/c1-2-48(19-21-53)20-22-58-38(55)29-7-13-51(26-29)30-9-14-49(15-10-30)37(54)35(25-27-23-32(41(43,44)45)36(46)33(42)24-27)59-40(57)50-16-11-31(12-17-50)52-18-8-28-5-3-4-6-34(28)47-39(52)56/h3-6,23-24,29-31,35,53H,2,7-22,25-26,46H2,1H3,(H,47,56)/t29-,35+/m0/s1. The van der Waals surface area contributed by atoms with Crippen molar-refractivity contribution in [3.63, 3.8) is 0 Å². The van der Waals surface area contributed by atoms with Gasteiger partial charge in [0.25, 0.3) is 5.91 Å². The Morgan fingerprint density at radius 2 is 1.68 bits per heavy atom. The number of aliphatic hydroxyl groups excluding tert-OH is 1. The van der Waals surface area contributed by atoms with Gasteiger partial charge in [0.05, 0.1) is 28.8 Å². The number of fused-ring (bicyclic) bond motifs is 1. The molecule has 4 amide bonds. The summed E-state index contributed by atoms with van der Waals surface area (Å²) in [7, 11) is 0. The summed E-state index contributed by atoms with van der Waals surface area (Å²) >= 11 is 6.14. The molecule has 2 aromatic carbocycles. The van der Waals surface area contributed by atoms with E-state index in [1.807, 2.05) is 36.1 Å². The first-order valence-electron chi connectivity index (χ1n) is 20.5. The van der Waals surface area contributed by atoms with E-state index >= 15 is 0 Å². The molecule has 4 heterocycles. The SMILES string of the molecule is CCN(CCO)CCOC(=O)[C@H]1CCN(C2CCN(C(=O)[C@@H](Cc3cc(Cl)c(N)c(C(F)(F)F)c3)OC(=O)N3CCC(N4CCc5ccccc5NC4=O)CC3)CC2)C1. The number of esters is 1. The van der Waals surface area contributed by atoms with Gasteiger partial charge >= 0.3 is 24.3 Å². The third-order valence-corrected chi connectivity index (χ3v) is 12.4. The van der Waals surface area contributed by atoms with Crippen LogP contribution in [0.5, 0.6) is 0 Å². The Labute approximate surface area is 347 Å². The molecule has 2 atom stereocenters. The van der Waals surface area contributed by atoms with Crippen LogP contribution in [-0.4, -0.2) is 150 Å². The van der Waals surface area contributed by atoms with Gasteiger partial charge in [-0.1, -0.05) is 36.7 Å². The van der Waals surface area contributed by atoms with Crippen LogP contribution < -0.4 is 11.1 Å². The Kier molecular flexibility index (Phi) is 14.9. The maximum atomic E-state index is 14.2. The first-order chi connectivity index (χ1) is 28.2. The number of urea groups is 1. The van der Waals surface area contributed by atoms with E-state index in [1.165, 1.54) is 11.0 Å². The smallest absolute Gasteiger partial charge is 0.418 e. The number of anilines is 2. The monoisotopic (exact) mass is 849 g/mol. The number of hydrogen-bond acceptors (Lipinski definition) is 10. The molecule has 18 heteroatoms. The molecule has 0 bridgehead atoms. The van der Waals surface area contributed by atoms with Crippen LogP contribution in [0.25, 0.3) is 0 Å². The van der Waals surface area contributed by atoms with Crippen molar-refractivity contribution < 1.29 is 46.9 Å². The summed E-state index contributed by atoms with van der Waals surface area (Å²) in [5.74, 6) is -1.04. The quantitative estimate of drug-likeness (QED) is 0.190. The van der Waals surface area contributed by atoms with E-state index in [9.17, 15) is 37.5 Å². The number of carbonyl (C=O) groups is 4. The molecule has 4 aliphatic rings. The van der Waals surface area contributed by atoms with Gasteiger partial charge in [-0.05, 0) is 80.9 Å². The third kappa shape index (κ3) is 11.1. The topological polar surface area (TPSA) is 161 Å². The normalized spacial score (nSPS) is 20.3. The summed E-state index contributed by atoms with van der Waals surface area (Å²) < 4.78 is 53.2. The van der Waals surface area contributed by atoms with E-state index in [4.69, 9.17) is 26.8 Å². The van der Waals surface area contributed by atoms with Crippen molar-refractivity contribution in [3.05, 3.63) is 58.1 Å². The Bertz CT molecular complexity index is 1810. The number of hydrogen-bond donors (Lipinski definition) is 3. The minimum atomic E-state index is -4.80. The Morgan fingerprint density at radius 3 is 2.37 bits per heavy atom. The molecule has 3 fully saturated rings. The van der Waals surface area contributed by atoms with Crippen LogP contribution in [0, 0.1) is 5.92 Å². The lowest BCUT2D eigenvalue weighted by Gasteiger charge is -2.39. The number of halogens is 4. The first-order valence-corrected chi connectivity index (χ1v) is 20.9. The predicted octanol–water partition coefficient (Wildman–Crippen LogP) is 4.71. The lowest BCUT2D eigenvalue weighted by atomic mass is 10.00. The fraction of sp³-hybridized carbons (Fsp3) is 0.610. The van der Waals surface area contributed by atoms with Crippen LogP contribution in [0.4, 0.5) is 34.1 Å². The average molecular weight is 850 g/mol. The number of rotatable bonds is 13. The molecular weight excluding hydrogens is 795 g/mol. The molecule has 0 spiro atoms. The van der Waals surface area contributed by atoms with E-state index in [2.05, 4.69) is 10.2 Å². The van der Waals surface area contributed by atoms with E-state index in [1.54, 1.807) is 9.80 Å². The van der Waals surface area contributed by atoms with Crippen LogP contribution in [0.3, 0.4) is 0 Å². The minimum Gasteiger partial charge on any atom is -0.464 e. The van der Waals surface area contributed by atoms with Crippen molar-refractivity contribution in [3.8, 4) is 0 Å². The van der Waals surface area contributed by atoms with Gasteiger partial charge < -0.3 is 40.3 Å². The minimum absolute atomic E-state index is 0.0356. The van der Waals surface area contributed by atoms with E-state index in [-0.39, 0.29) is 73.3 Å². The van der Waals surface area contributed by atoms with Crippen LogP contribution in [0.2, 0.25) is 5.02 Å². The van der Waals surface area contributed by atoms with Gasteiger partial charge in [0, 0.05) is 76.5 Å². The maximum absolute atomic E-state index is 14.2. The highest BCUT2D eigenvalue weighted by Gasteiger charge is 2.40. The van der Waals surface area contributed by atoms with Crippen LogP contribution in [0.15, 0.2) is 36.4 Å². The molecule has 0 aromatic heterocycles. The van der Waals surface area contributed by atoms with Gasteiger partial charge in [0.15, 0.2) is 6.10 Å². The molecule has 6 rings (SSSR count). The fourth-order valence-corrected chi connectivity index (χ4v) is 8.89. The number of ether oxygens (including phenoxy) is 2. The second-order valence-corrected chi connectivity index (χ2v) is 16.1. The van der Waals surface area contributed by atoms with Crippen LogP contribution in [-0.2, 0) is 38.1 Å². The van der Waals surface area contributed by atoms with Gasteiger partial charge in [-0.3, -0.25) is 19.4 Å². The molecule has 59 heavy (non-hydrogen) atoms. The zero-order valence-corrected chi connectivity index (χ0v) is 34.2. The number of aliphatic hydroxyl groups is 1. The molecule has 0 radical (unpaired) electrons. The molecule has 3 saturated heterocycles. The predicted molar refractivity (Wildman–Crippen MR) is 215 cm³/mol. The van der Waals surface area contributed by atoms with Crippen molar-refractivity contribution in [1.29, 1.82) is 0 Å². The molecule has 324 valence electrons. The Morgan fingerprint density at radius 1 is 0.983 bits per heavy atom. The summed E-state index contributed by atoms with van der Waals surface area (Å²) in [6.07, 6.45) is -3.90. The highest BCUT2D eigenvalue weighted by atomic mass is 35.5. The van der Waals surface area contributed by atoms with Crippen molar-refractivity contribution >= 4 is 47.0 Å². The van der Waals surface area contributed by atoms with Crippen LogP contribution >= 0.6 is 11.6 Å². The summed E-state index contributed by atoms with van der Waals surface area (Å²) in [5.41, 5.74) is 5.76. The maximum Gasteiger partial charge on any atom is 0.418 e. The number of alkyl halides is 3. The Hall–Kier alpha value is -4.32. The molecule has 2 aromatic rings. The zero-order chi connectivity index (χ0) is 42.3. The molecule has 4 N–H and O–H groups in total. The lowest BCUT2D eigenvalue weighted by Crippen LogP contribution is -2.52. The van der Waals surface area contributed by atoms with Crippen LogP contribution in [0.1, 0.15) is 55.7 Å². The van der Waals surface area contributed by atoms with Gasteiger partial charge in [0.2, 0.25) is 0 Å². The summed E-state index contributed by atoms with van der Waals surface area (Å²) in [4.78, 5) is 62.9. The molecule has 0 saturated carbocycles. The summed E-state index contributed by atoms with van der Waals surface area (Å²) in [6.45, 7) is 6.98. The zero-order valence-electron chi connectivity index (χ0n) is 33.4. The number of para-hydroxylation sites is 1. The first kappa shape index (κ1) is 44.2. The second kappa shape index (κ2) is 19.8. The third-order valence-electron chi connectivity index (χ3n) is 12.1. The number of likely N-dealkylation sites (tertiary alicyclic amines) is 3. The molecule has 0 aliphatic carbocycles. The number of piperidine rings is 2. The number of benzene rings is 2. The number of nitrogens with zero attached hydrogens (tertiary/aromatic N) is 5. The summed E-state index contributed by atoms with van der Waals surface area (Å²) in [5, 5.41) is 11.8. The molecule has 0 unspecified atom stereocenters. The van der Waals surface area contributed by atoms with E-state index in [0.29, 0.717) is 84.3 Å². The molecule has 4 aliphatic heterocycles. The van der Waals surface area contributed by atoms with E-state index < -0.39 is 35.5 Å². The number of amides is 4. The van der Waals surface area contributed by atoms with Crippen molar-refractivity contribution in [2.24, 2.45) is 5.92 Å².